The van der Waals surface area contributed by atoms with Gasteiger partial charge >= 0.3 is 0 Å². The molecule has 8 heteroatoms. The zero-order valence-electron chi connectivity index (χ0n) is 8.43. The van der Waals surface area contributed by atoms with Crippen molar-refractivity contribution >= 4 is 22.0 Å². The molecule has 0 aliphatic rings. The molecule has 0 aliphatic carbocycles. The summed E-state index contributed by atoms with van der Waals surface area (Å²) < 4.78 is 1.63. The topological polar surface area (TPSA) is 91.8 Å². The molecule has 1 aromatic carbocycles. The van der Waals surface area contributed by atoms with Crippen LogP contribution < -0.4 is 0 Å². The highest BCUT2D eigenvalue weighted by Gasteiger charge is 2.06. The molecule has 2 aromatic heterocycles. The Hall–Kier alpha value is -2.44. The van der Waals surface area contributed by atoms with E-state index in [9.17, 15) is 0 Å². The third-order valence-corrected chi connectivity index (χ3v) is 3.12. The summed E-state index contributed by atoms with van der Waals surface area (Å²) in [6, 6.07) is 7.21. The van der Waals surface area contributed by atoms with Gasteiger partial charge in [0.1, 0.15) is 11.3 Å². The number of benzene rings is 1. The first-order valence-electron chi connectivity index (χ1n) is 4.69. The van der Waals surface area contributed by atoms with Crippen LogP contribution in [0.25, 0.3) is 26.0 Å². The third-order valence-electron chi connectivity index (χ3n) is 2.16. The molecule has 3 aromatic rings. The molecule has 0 saturated carbocycles. The van der Waals surface area contributed by atoms with Crippen molar-refractivity contribution in [2.24, 2.45) is 5.11 Å². The molecule has 0 bridgehead atoms. The van der Waals surface area contributed by atoms with Crippen molar-refractivity contribution in [2.75, 3.05) is 0 Å². The minimum Gasteiger partial charge on any atom is -0.190 e. The highest BCUT2D eigenvalue weighted by Crippen LogP contribution is 2.26. The average molecular weight is 243 g/mol. The molecule has 0 fully saturated rings. The van der Waals surface area contributed by atoms with Gasteiger partial charge in [-0.2, -0.15) is 9.61 Å². The SMILES string of the molecule is [N-]=[N+]=Nc1ccc(-c2nn3cnnc3s2)cc1. The number of fused-ring (bicyclic) bond motifs is 1. The Morgan fingerprint density at radius 1 is 1.29 bits per heavy atom. The lowest BCUT2D eigenvalue weighted by molar-refractivity contribution is 0.960. The van der Waals surface area contributed by atoms with E-state index in [1.165, 1.54) is 11.3 Å². The second-order valence-corrected chi connectivity index (χ2v) is 4.16. The van der Waals surface area contributed by atoms with E-state index < -0.39 is 0 Å². The van der Waals surface area contributed by atoms with Gasteiger partial charge in [0.05, 0.1) is 0 Å². The minimum atomic E-state index is 0.583. The maximum Gasteiger partial charge on any atom is 0.234 e. The van der Waals surface area contributed by atoms with Gasteiger partial charge < -0.3 is 0 Å². The molecule has 2 heterocycles. The van der Waals surface area contributed by atoms with Gasteiger partial charge in [0.25, 0.3) is 0 Å². The van der Waals surface area contributed by atoms with E-state index in [1.54, 1.807) is 23.0 Å². The highest BCUT2D eigenvalue weighted by molar-refractivity contribution is 7.19. The molecule has 0 amide bonds. The van der Waals surface area contributed by atoms with E-state index in [1.807, 2.05) is 12.1 Å². The first kappa shape index (κ1) is 9.76. The molecule has 7 nitrogen and oxygen atoms in total. The largest absolute Gasteiger partial charge is 0.234 e. The summed E-state index contributed by atoms with van der Waals surface area (Å²) in [4.78, 5) is 3.47. The number of rotatable bonds is 2. The minimum absolute atomic E-state index is 0.583. The van der Waals surface area contributed by atoms with Crippen LogP contribution in [-0.4, -0.2) is 19.8 Å². The fourth-order valence-electron chi connectivity index (χ4n) is 1.40. The van der Waals surface area contributed by atoms with Crippen molar-refractivity contribution in [1.29, 1.82) is 0 Å². The fourth-order valence-corrected chi connectivity index (χ4v) is 2.22. The van der Waals surface area contributed by atoms with Gasteiger partial charge in [0.2, 0.25) is 4.96 Å². The van der Waals surface area contributed by atoms with Gasteiger partial charge in [-0.05, 0) is 5.53 Å². The molecule has 0 atom stereocenters. The van der Waals surface area contributed by atoms with E-state index >= 15 is 0 Å². The summed E-state index contributed by atoms with van der Waals surface area (Å²) in [5.74, 6) is 0. The summed E-state index contributed by atoms with van der Waals surface area (Å²) in [6.07, 6.45) is 1.56. The van der Waals surface area contributed by atoms with Gasteiger partial charge in [0, 0.05) is 16.2 Å². The van der Waals surface area contributed by atoms with Crippen LogP contribution in [0, 0.1) is 0 Å². The summed E-state index contributed by atoms with van der Waals surface area (Å²) in [6.45, 7) is 0. The van der Waals surface area contributed by atoms with Gasteiger partial charge in [0.15, 0.2) is 0 Å². The zero-order chi connectivity index (χ0) is 11.7. The first-order valence-corrected chi connectivity index (χ1v) is 5.51. The Morgan fingerprint density at radius 2 is 2.12 bits per heavy atom. The highest BCUT2D eigenvalue weighted by atomic mass is 32.1. The predicted molar refractivity (Wildman–Crippen MR) is 62.9 cm³/mol. The molecule has 82 valence electrons. The molecule has 0 saturated heterocycles. The molecule has 17 heavy (non-hydrogen) atoms. The zero-order valence-corrected chi connectivity index (χ0v) is 9.24. The average Bonchev–Trinajstić information content (AvgIpc) is 2.90. The summed E-state index contributed by atoms with van der Waals surface area (Å²) in [7, 11) is 0. The Kier molecular flexibility index (Phi) is 2.21. The maximum atomic E-state index is 8.30. The lowest BCUT2D eigenvalue weighted by Crippen LogP contribution is -1.81. The Balaban J connectivity index is 2.03. The lowest BCUT2D eigenvalue weighted by atomic mass is 10.2. The molecular formula is C9H5N7S. The van der Waals surface area contributed by atoms with Crippen LogP contribution in [0.4, 0.5) is 5.69 Å². The van der Waals surface area contributed by atoms with Crippen LogP contribution in [0.5, 0.6) is 0 Å². The smallest absolute Gasteiger partial charge is 0.190 e. The number of nitrogens with zero attached hydrogens (tertiary/aromatic N) is 7. The summed E-state index contributed by atoms with van der Waals surface area (Å²) in [5.41, 5.74) is 9.84. The number of aromatic nitrogens is 4. The van der Waals surface area contributed by atoms with Gasteiger partial charge in [-0.3, -0.25) is 0 Å². The van der Waals surface area contributed by atoms with E-state index in [4.69, 9.17) is 5.53 Å². The quantitative estimate of drug-likeness (QED) is 0.393. The van der Waals surface area contributed by atoms with Crippen LogP contribution >= 0.6 is 11.3 Å². The first-order chi connectivity index (χ1) is 8.36. The molecule has 0 unspecified atom stereocenters. The Bertz CT molecular complexity index is 676. The van der Waals surface area contributed by atoms with Gasteiger partial charge in [-0.25, -0.2) is 0 Å². The predicted octanol–water partition coefficient (Wildman–Crippen LogP) is 2.79. The molecule has 0 radical (unpaired) electrons. The second-order valence-electron chi connectivity index (χ2n) is 3.20. The van der Waals surface area contributed by atoms with E-state index in [0.29, 0.717) is 5.69 Å². The van der Waals surface area contributed by atoms with Gasteiger partial charge in [-0.15, -0.1) is 10.2 Å². The van der Waals surface area contributed by atoms with Crippen LogP contribution in [0.15, 0.2) is 35.7 Å². The maximum absolute atomic E-state index is 8.30. The van der Waals surface area contributed by atoms with E-state index in [2.05, 4.69) is 25.3 Å². The molecule has 0 aliphatic heterocycles. The Morgan fingerprint density at radius 3 is 2.82 bits per heavy atom. The van der Waals surface area contributed by atoms with Crippen molar-refractivity contribution in [2.45, 2.75) is 0 Å². The standard InChI is InChI=1S/C9H5N7S/c10-15-12-7-3-1-6(2-4-7)8-14-16-5-11-13-9(16)17-8/h1-5H. The van der Waals surface area contributed by atoms with Crippen LogP contribution in [0.2, 0.25) is 0 Å². The van der Waals surface area contributed by atoms with Crippen molar-refractivity contribution in [3.63, 3.8) is 0 Å². The lowest BCUT2D eigenvalue weighted by Gasteiger charge is -1.95. The summed E-state index contributed by atoms with van der Waals surface area (Å²) in [5, 5.41) is 16.3. The second kappa shape index (κ2) is 3.85. The van der Waals surface area contributed by atoms with E-state index in [-0.39, 0.29) is 0 Å². The van der Waals surface area contributed by atoms with Crippen LogP contribution in [0.3, 0.4) is 0 Å². The molecule has 0 N–H and O–H groups in total. The summed E-state index contributed by atoms with van der Waals surface area (Å²) >= 11 is 1.45. The van der Waals surface area contributed by atoms with Crippen LogP contribution in [0.1, 0.15) is 0 Å². The van der Waals surface area contributed by atoms with Crippen molar-refractivity contribution < 1.29 is 0 Å². The molecule has 3 rings (SSSR count). The van der Waals surface area contributed by atoms with Crippen molar-refractivity contribution in [3.05, 3.63) is 41.0 Å². The number of azide groups is 1. The Labute approximate surface area is 99.0 Å². The monoisotopic (exact) mass is 243 g/mol. The van der Waals surface area contributed by atoms with Crippen molar-refractivity contribution in [3.8, 4) is 10.6 Å². The van der Waals surface area contributed by atoms with E-state index in [0.717, 1.165) is 15.5 Å². The molecular weight excluding hydrogens is 238 g/mol. The third kappa shape index (κ3) is 1.71. The van der Waals surface area contributed by atoms with Gasteiger partial charge in [-0.1, -0.05) is 40.7 Å². The van der Waals surface area contributed by atoms with Crippen molar-refractivity contribution in [1.82, 2.24) is 19.8 Å². The fraction of sp³-hybridized carbons (Fsp3) is 0. The number of hydrogen-bond donors (Lipinski definition) is 0. The molecule has 0 spiro atoms. The normalized spacial score (nSPS) is 10.4. The van der Waals surface area contributed by atoms with Crippen LogP contribution in [-0.2, 0) is 0 Å². The number of hydrogen-bond acceptors (Lipinski definition) is 5.